The largest absolute Gasteiger partial charge is 0.406 e. The summed E-state index contributed by atoms with van der Waals surface area (Å²) in [4.78, 5) is 21.4. The Labute approximate surface area is 168 Å². The second-order valence-corrected chi connectivity index (χ2v) is 7.02. The zero-order valence-corrected chi connectivity index (χ0v) is 16.0. The number of aromatic nitrogens is 5. The topological polar surface area (TPSA) is 57.6 Å². The maximum Gasteiger partial charge on any atom is 0.406 e. The predicted molar refractivity (Wildman–Crippen MR) is 104 cm³/mol. The van der Waals surface area contributed by atoms with E-state index in [0.717, 1.165) is 15.6 Å². The van der Waals surface area contributed by atoms with Gasteiger partial charge in [0.2, 0.25) is 0 Å². The predicted octanol–water partition coefficient (Wildman–Crippen LogP) is 3.79. The lowest BCUT2D eigenvalue weighted by atomic mass is 10.3. The molecule has 3 heterocycles. The molecule has 4 rings (SSSR count). The van der Waals surface area contributed by atoms with Crippen molar-refractivity contribution in [3.63, 3.8) is 0 Å². The number of imidazole rings is 2. The molecule has 0 unspecified atom stereocenters. The van der Waals surface area contributed by atoms with Crippen molar-refractivity contribution in [2.75, 3.05) is 5.88 Å². The number of benzene rings is 1. The average molecular weight is 424 g/mol. The highest BCUT2D eigenvalue weighted by molar-refractivity contribution is 6.17. The van der Waals surface area contributed by atoms with Crippen LogP contribution in [0.1, 0.15) is 12.2 Å². The van der Waals surface area contributed by atoms with Crippen LogP contribution in [0.5, 0.6) is 0 Å². The van der Waals surface area contributed by atoms with Gasteiger partial charge in [0, 0.05) is 18.6 Å². The molecule has 3 aromatic heterocycles. The first-order valence-electron chi connectivity index (χ1n) is 8.99. The second kappa shape index (κ2) is 7.55. The van der Waals surface area contributed by atoms with Crippen molar-refractivity contribution >= 4 is 33.7 Å². The lowest BCUT2D eigenvalue weighted by Gasteiger charge is -2.09. The second-order valence-electron chi connectivity index (χ2n) is 6.65. The van der Waals surface area contributed by atoms with Crippen molar-refractivity contribution < 1.29 is 13.2 Å². The summed E-state index contributed by atoms with van der Waals surface area (Å²) in [5, 5.41) is 0. The van der Waals surface area contributed by atoms with E-state index in [-0.39, 0.29) is 12.1 Å². The summed E-state index contributed by atoms with van der Waals surface area (Å²) in [6.45, 7) is -0.738. The van der Waals surface area contributed by atoms with Crippen LogP contribution in [0.4, 0.5) is 13.2 Å². The zero-order valence-electron chi connectivity index (χ0n) is 15.2. The molecule has 0 radical (unpaired) electrons. The summed E-state index contributed by atoms with van der Waals surface area (Å²) in [5.74, 6) is 1.04. The minimum Gasteiger partial charge on any atom is -0.326 e. The molecule has 29 heavy (non-hydrogen) atoms. The molecule has 152 valence electrons. The molecule has 10 heteroatoms. The molecular weight excluding hydrogens is 407 g/mol. The molecule has 0 saturated heterocycles. The SMILES string of the molecule is O=c1n(Cc2nc3ccccc3n2CCCCl)c2cnccc2n1CC(F)(F)F. The van der Waals surface area contributed by atoms with Crippen molar-refractivity contribution in [2.45, 2.75) is 32.2 Å². The van der Waals surface area contributed by atoms with Crippen molar-refractivity contribution in [1.29, 1.82) is 0 Å². The number of halogens is 4. The van der Waals surface area contributed by atoms with Crippen LogP contribution in [0.15, 0.2) is 47.5 Å². The summed E-state index contributed by atoms with van der Waals surface area (Å²) in [7, 11) is 0. The fraction of sp³-hybridized carbons (Fsp3) is 0.316. The molecule has 0 aliphatic rings. The Balaban J connectivity index is 1.85. The molecule has 0 amide bonds. The van der Waals surface area contributed by atoms with Gasteiger partial charge in [-0.05, 0) is 24.6 Å². The lowest BCUT2D eigenvalue weighted by Crippen LogP contribution is -2.30. The van der Waals surface area contributed by atoms with Gasteiger partial charge in [0.05, 0.1) is 34.8 Å². The minimum absolute atomic E-state index is 0.0306. The molecular formula is C19H17ClF3N5O. The molecule has 0 spiro atoms. The van der Waals surface area contributed by atoms with Gasteiger partial charge < -0.3 is 4.57 Å². The van der Waals surface area contributed by atoms with Crippen LogP contribution in [0.2, 0.25) is 0 Å². The number of rotatable bonds is 6. The average Bonchev–Trinajstić information content (AvgIpc) is 3.16. The quantitative estimate of drug-likeness (QED) is 0.443. The molecule has 0 fully saturated rings. The van der Waals surface area contributed by atoms with Crippen LogP contribution in [-0.4, -0.2) is 35.7 Å². The number of hydrogen-bond acceptors (Lipinski definition) is 3. The zero-order chi connectivity index (χ0) is 20.6. The Bertz CT molecular complexity index is 1220. The summed E-state index contributed by atoms with van der Waals surface area (Å²) >= 11 is 5.84. The van der Waals surface area contributed by atoms with Crippen LogP contribution in [0.25, 0.3) is 22.1 Å². The van der Waals surface area contributed by atoms with Gasteiger partial charge in [-0.3, -0.25) is 14.1 Å². The maximum atomic E-state index is 13.0. The van der Waals surface area contributed by atoms with E-state index >= 15 is 0 Å². The molecule has 0 saturated carbocycles. The van der Waals surface area contributed by atoms with E-state index in [9.17, 15) is 18.0 Å². The molecule has 0 aliphatic carbocycles. The normalized spacial score (nSPS) is 12.3. The number of alkyl halides is 4. The van der Waals surface area contributed by atoms with E-state index in [1.165, 1.54) is 23.0 Å². The molecule has 0 bridgehead atoms. The third-order valence-electron chi connectivity index (χ3n) is 4.71. The van der Waals surface area contributed by atoms with Crippen LogP contribution in [0.3, 0.4) is 0 Å². The summed E-state index contributed by atoms with van der Waals surface area (Å²) in [5.41, 5.74) is 1.41. The Morgan fingerprint density at radius 1 is 1.00 bits per heavy atom. The van der Waals surface area contributed by atoms with E-state index in [0.29, 0.717) is 30.2 Å². The fourth-order valence-electron chi connectivity index (χ4n) is 3.51. The van der Waals surface area contributed by atoms with E-state index in [1.54, 1.807) is 0 Å². The molecule has 1 aromatic carbocycles. The van der Waals surface area contributed by atoms with Crippen LogP contribution < -0.4 is 5.69 Å². The highest BCUT2D eigenvalue weighted by Crippen LogP contribution is 2.22. The third-order valence-corrected chi connectivity index (χ3v) is 4.97. The van der Waals surface area contributed by atoms with E-state index in [4.69, 9.17) is 11.6 Å². The number of hydrogen-bond donors (Lipinski definition) is 0. The van der Waals surface area contributed by atoms with Gasteiger partial charge in [-0.15, -0.1) is 11.6 Å². The standard InChI is InChI=1S/C19H17ClF3N5O/c20-7-3-9-26-14-5-2-1-4-13(14)25-17(26)11-27-16-10-24-8-6-15(16)28(18(27)29)12-19(21,22)23/h1-2,4-6,8,10H,3,7,9,11-12H2. The maximum absolute atomic E-state index is 13.0. The van der Waals surface area contributed by atoms with Gasteiger partial charge in [0.15, 0.2) is 0 Å². The Morgan fingerprint density at radius 3 is 2.55 bits per heavy atom. The van der Waals surface area contributed by atoms with Gasteiger partial charge >= 0.3 is 11.9 Å². The Hall–Kier alpha value is -2.81. The van der Waals surface area contributed by atoms with Gasteiger partial charge in [-0.2, -0.15) is 13.2 Å². The first-order valence-corrected chi connectivity index (χ1v) is 9.52. The highest BCUT2D eigenvalue weighted by atomic mass is 35.5. The summed E-state index contributed by atoms with van der Waals surface area (Å²) in [6.07, 6.45) is -1.05. The monoisotopic (exact) mass is 423 g/mol. The van der Waals surface area contributed by atoms with E-state index in [1.807, 2.05) is 28.8 Å². The smallest absolute Gasteiger partial charge is 0.326 e. The van der Waals surface area contributed by atoms with Gasteiger partial charge in [-0.1, -0.05) is 12.1 Å². The minimum atomic E-state index is -4.51. The Morgan fingerprint density at radius 2 is 1.79 bits per heavy atom. The summed E-state index contributed by atoms with van der Waals surface area (Å²) in [6, 6.07) is 8.92. The van der Waals surface area contributed by atoms with Crippen molar-refractivity contribution in [1.82, 2.24) is 23.7 Å². The first kappa shape index (κ1) is 19.5. The van der Waals surface area contributed by atoms with Crippen LogP contribution >= 0.6 is 11.6 Å². The molecule has 0 atom stereocenters. The Kier molecular flexibility index (Phi) is 5.08. The number of fused-ring (bicyclic) bond motifs is 2. The van der Waals surface area contributed by atoms with Crippen molar-refractivity contribution in [3.05, 3.63) is 59.0 Å². The lowest BCUT2D eigenvalue weighted by molar-refractivity contribution is -0.140. The van der Waals surface area contributed by atoms with Gasteiger partial charge in [0.25, 0.3) is 0 Å². The first-order chi connectivity index (χ1) is 13.9. The molecule has 6 nitrogen and oxygen atoms in total. The number of pyridine rings is 1. The van der Waals surface area contributed by atoms with Gasteiger partial charge in [-0.25, -0.2) is 9.78 Å². The van der Waals surface area contributed by atoms with Crippen LogP contribution in [0, 0.1) is 0 Å². The van der Waals surface area contributed by atoms with E-state index < -0.39 is 18.4 Å². The number of para-hydroxylation sites is 2. The number of nitrogens with zero attached hydrogens (tertiary/aromatic N) is 5. The van der Waals surface area contributed by atoms with Crippen molar-refractivity contribution in [3.8, 4) is 0 Å². The summed E-state index contributed by atoms with van der Waals surface area (Å²) < 4.78 is 43.0. The third kappa shape index (κ3) is 3.74. The van der Waals surface area contributed by atoms with Crippen molar-refractivity contribution in [2.24, 2.45) is 0 Å². The molecule has 0 N–H and O–H groups in total. The van der Waals surface area contributed by atoms with E-state index in [2.05, 4.69) is 9.97 Å². The van der Waals surface area contributed by atoms with Gasteiger partial charge in [0.1, 0.15) is 12.4 Å². The van der Waals surface area contributed by atoms with Crippen LogP contribution in [-0.2, 0) is 19.6 Å². The highest BCUT2D eigenvalue weighted by Gasteiger charge is 2.31. The molecule has 0 aliphatic heterocycles. The molecule has 4 aromatic rings. The number of aryl methyl sites for hydroxylation is 1. The fourth-order valence-corrected chi connectivity index (χ4v) is 3.63.